The maximum Gasteiger partial charge on any atom is 0.268 e. The maximum absolute atomic E-state index is 12.0. The molecule has 0 atom stereocenters. The Bertz CT molecular complexity index is 490. The molecule has 17 heavy (non-hydrogen) atoms. The van der Waals surface area contributed by atoms with E-state index in [-0.39, 0.29) is 23.8 Å². The normalized spacial score (nSPS) is 16.4. The first-order valence-corrected chi connectivity index (χ1v) is 6.63. The third kappa shape index (κ3) is 2.65. The fraction of sp³-hybridized carbons (Fsp3) is 0.583. The number of hydrogen-bond donors (Lipinski definition) is 0. The van der Waals surface area contributed by atoms with E-state index >= 15 is 0 Å². The van der Waals surface area contributed by atoms with Gasteiger partial charge in [-0.1, -0.05) is 12.8 Å². The Balaban J connectivity index is 2.16. The van der Waals surface area contributed by atoms with Crippen molar-refractivity contribution >= 4 is 21.7 Å². The Labute approximate surface area is 108 Å². The molecule has 0 N–H and O–H groups in total. The largest absolute Gasteiger partial charge is 0.297 e. The SMILES string of the molecule is Cc1ncn(CC(=O)C2CCCC2)c(=O)c1Br. The predicted octanol–water partition coefficient (Wildman–Crippen LogP) is 2.07. The molecule has 1 aromatic heterocycles. The summed E-state index contributed by atoms with van der Waals surface area (Å²) in [6, 6.07) is 0. The lowest BCUT2D eigenvalue weighted by Crippen LogP contribution is -2.28. The van der Waals surface area contributed by atoms with Crippen molar-refractivity contribution in [3.8, 4) is 0 Å². The summed E-state index contributed by atoms with van der Waals surface area (Å²) < 4.78 is 1.83. The lowest BCUT2D eigenvalue weighted by Gasteiger charge is -2.10. The van der Waals surface area contributed by atoms with E-state index in [1.54, 1.807) is 6.92 Å². The van der Waals surface area contributed by atoms with E-state index in [0.29, 0.717) is 10.2 Å². The van der Waals surface area contributed by atoms with Gasteiger partial charge in [0.05, 0.1) is 18.6 Å². The Morgan fingerprint density at radius 3 is 2.82 bits per heavy atom. The molecular formula is C12H15BrN2O2. The lowest BCUT2D eigenvalue weighted by molar-refractivity contribution is -0.123. The minimum Gasteiger partial charge on any atom is -0.297 e. The van der Waals surface area contributed by atoms with Gasteiger partial charge in [-0.25, -0.2) is 4.98 Å². The highest BCUT2D eigenvalue weighted by Crippen LogP contribution is 2.25. The number of hydrogen-bond acceptors (Lipinski definition) is 3. The number of aryl methyl sites for hydroxylation is 1. The van der Waals surface area contributed by atoms with Gasteiger partial charge in [0, 0.05) is 5.92 Å². The monoisotopic (exact) mass is 298 g/mol. The first-order chi connectivity index (χ1) is 8.09. The van der Waals surface area contributed by atoms with Crippen molar-refractivity contribution in [1.82, 2.24) is 9.55 Å². The summed E-state index contributed by atoms with van der Waals surface area (Å²) in [5, 5.41) is 0. The van der Waals surface area contributed by atoms with Crippen LogP contribution in [0.3, 0.4) is 0 Å². The van der Waals surface area contributed by atoms with Gasteiger partial charge in [0.15, 0.2) is 5.78 Å². The molecule has 92 valence electrons. The van der Waals surface area contributed by atoms with E-state index in [4.69, 9.17) is 0 Å². The molecule has 1 aromatic rings. The third-order valence-corrected chi connectivity index (χ3v) is 4.21. The molecule has 5 heteroatoms. The Morgan fingerprint density at radius 1 is 1.53 bits per heavy atom. The van der Waals surface area contributed by atoms with Crippen LogP contribution in [0.5, 0.6) is 0 Å². The van der Waals surface area contributed by atoms with Crippen molar-refractivity contribution in [1.29, 1.82) is 0 Å². The minimum atomic E-state index is -0.177. The minimum absolute atomic E-state index is 0.141. The smallest absolute Gasteiger partial charge is 0.268 e. The van der Waals surface area contributed by atoms with Crippen LogP contribution in [-0.4, -0.2) is 15.3 Å². The van der Waals surface area contributed by atoms with Crippen molar-refractivity contribution in [2.75, 3.05) is 0 Å². The molecule has 0 unspecified atom stereocenters. The Kier molecular flexibility index (Phi) is 3.76. The number of carbonyl (C=O) groups excluding carboxylic acids is 1. The molecule has 2 rings (SSSR count). The van der Waals surface area contributed by atoms with E-state index in [1.807, 2.05) is 0 Å². The van der Waals surface area contributed by atoms with Crippen LogP contribution < -0.4 is 5.56 Å². The molecule has 0 aromatic carbocycles. The highest BCUT2D eigenvalue weighted by Gasteiger charge is 2.23. The molecule has 0 spiro atoms. The summed E-state index contributed by atoms with van der Waals surface area (Å²) in [4.78, 5) is 27.9. The first-order valence-electron chi connectivity index (χ1n) is 5.84. The second-order valence-electron chi connectivity index (χ2n) is 4.52. The van der Waals surface area contributed by atoms with Gasteiger partial charge in [0.1, 0.15) is 4.47 Å². The zero-order chi connectivity index (χ0) is 12.4. The molecule has 1 saturated carbocycles. The summed E-state index contributed by atoms with van der Waals surface area (Å²) in [5.74, 6) is 0.295. The molecule has 0 aliphatic heterocycles. The number of carbonyl (C=O) groups is 1. The third-order valence-electron chi connectivity index (χ3n) is 3.29. The molecular weight excluding hydrogens is 284 g/mol. The quantitative estimate of drug-likeness (QED) is 0.858. The summed E-state index contributed by atoms with van der Waals surface area (Å²) in [6.45, 7) is 1.91. The highest BCUT2D eigenvalue weighted by molar-refractivity contribution is 9.10. The molecule has 0 saturated heterocycles. The molecule has 1 heterocycles. The van der Waals surface area contributed by atoms with Gasteiger partial charge in [-0.15, -0.1) is 0 Å². The van der Waals surface area contributed by atoms with E-state index in [2.05, 4.69) is 20.9 Å². The fourth-order valence-corrected chi connectivity index (χ4v) is 2.53. The van der Waals surface area contributed by atoms with Gasteiger partial charge in [0.2, 0.25) is 0 Å². The fourth-order valence-electron chi connectivity index (χ4n) is 2.20. The van der Waals surface area contributed by atoms with Gasteiger partial charge < -0.3 is 0 Å². The van der Waals surface area contributed by atoms with Gasteiger partial charge in [0.25, 0.3) is 5.56 Å². The van der Waals surface area contributed by atoms with Crippen LogP contribution in [0.4, 0.5) is 0 Å². The van der Waals surface area contributed by atoms with E-state index in [9.17, 15) is 9.59 Å². The van der Waals surface area contributed by atoms with Crippen molar-refractivity contribution in [3.63, 3.8) is 0 Å². The summed E-state index contributed by atoms with van der Waals surface area (Å²) in [5.41, 5.74) is 0.475. The molecule has 4 nitrogen and oxygen atoms in total. The second kappa shape index (κ2) is 5.12. The zero-order valence-electron chi connectivity index (χ0n) is 9.78. The molecule has 0 bridgehead atoms. The van der Waals surface area contributed by atoms with Crippen molar-refractivity contribution in [3.05, 3.63) is 26.8 Å². The van der Waals surface area contributed by atoms with Crippen molar-refractivity contribution < 1.29 is 4.79 Å². The number of halogens is 1. The van der Waals surface area contributed by atoms with Crippen LogP contribution in [0.25, 0.3) is 0 Å². The van der Waals surface area contributed by atoms with Gasteiger partial charge in [-0.3, -0.25) is 14.2 Å². The molecule has 0 radical (unpaired) electrons. The average molecular weight is 299 g/mol. The second-order valence-corrected chi connectivity index (χ2v) is 5.32. The Morgan fingerprint density at radius 2 is 2.18 bits per heavy atom. The molecule has 1 aliphatic rings. The van der Waals surface area contributed by atoms with Crippen molar-refractivity contribution in [2.45, 2.75) is 39.2 Å². The average Bonchev–Trinajstić information content (AvgIpc) is 2.83. The summed E-state index contributed by atoms with van der Waals surface area (Å²) >= 11 is 3.20. The molecule has 0 amide bonds. The topological polar surface area (TPSA) is 52.0 Å². The Hall–Kier alpha value is -0.970. The van der Waals surface area contributed by atoms with Gasteiger partial charge in [-0.2, -0.15) is 0 Å². The van der Waals surface area contributed by atoms with E-state index < -0.39 is 0 Å². The number of aromatic nitrogens is 2. The van der Waals surface area contributed by atoms with Crippen LogP contribution in [0, 0.1) is 12.8 Å². The number of Topliss-reactive ketones (excluding diaryl/α,β-unsaturated/α-hetero) is 1. The van der Waals surface area contributed by atoms with Crippen LogP contribution in [0.2, 0.25) is 0 Å². The highest BCUT2D eigenvalue weighted by atomic mass is 79.9. The van der Waals surface area contributed by atoms with Crippen LogP contribution >= 0.6 is 15.9 Å². The summed E-state index contributed by atoms with van der Waals surface area (Å²) in [7, 11) is 0. The van der Waals surface area contributed by atoms with Crippen LogP contribution in [0.15, 0.2) is 15.6 Å². The first kappa shape index (κ1) is 12.5. The van der Waals surface area contributed by atoms with E-state index in [1.165, 1.54) is 10.9 Å². The predicted molar refractivity (Wildman–Crippen MR) is 67.9 cm³/mol. The summed E-state index contributed by atoms with van der Waals surface area (Å²) in [6.07, 6.45) is 5.64. The van der Waals surface area contributed by atoms with Gasteiger partial charge >= 0.3 is 0 Å². The van der Waals surface area contributed by atoms with Gasteiger partial charge in [-0.05, 0) is 35.7 Å². The molecule has 1 fully saturated rings. The number of rotatable bonds is 3. The standard InChI is InChI=1S/C12H15BrN2O2/c1-8-11(13)12(17)15(7-14-8)6-10(16)9-4-2-3-5-9/h7,9H,2-6H2,1H3. The zero-order valence-corrected chi connectivity index (χ0v) is 11.4. The van der Waals surface area contributed by atoms with E-state index in [0.717, 1.165) is 25.7 Å². The number of ketones is 1. The van der Waals surface area contributed by atoms with Crippen LogP contribution in [0.1, 0.15) is 31.4 Å². The lowest BCUT2D eigenvalue weighted by atomic mass is 10.0. The van der Waals surface area contributed by atoms with Crippen LogP contribution in [-0.2, 0) is 11.3 Å². The van der Waals surface area contributed by atoms with Crippen molar-refractivity contribution in [2.24, 2.45) is 5.92 Å². The number of nitrogens with zero attached hydrogens (tertiary/aromatic N) is 2. The maximum atomic E-state index is 12.0. The molecule has 1 aliphatic carbocycles.